The number of ether oxygens (including phenoxy) is 2. The maximum atomic E-state index is 13.9. The van der Waals surface area contributed by atoms with Crippen LogP contribution in [0.15, 0.2) is 12.1 Å². The lowest BCUT2D eigenvalue weighted by atomic mass is 10.1. The Kier molecular flexibility index (Phi) is 5.83. The third-order valence-corrected chi connectivity index (χ3v) is 2.39. The van der Waals surface area contributed by atoms with Crippen molar-refractivity contribution in [1.29, 1.82) is 0 Å². The first-order valence-corrected chi connectivity index (χ1v) is 6.23. The molecule has 114 valence electrons. The molecule has 0 aliphatic carbocycles. The van der Waals surface area contributed by atoms with E-state index in [0.29, 0.717) is 0 Å². The highest BCUT2D eigenvalue weighted by Gasteiger charge is 2.15. The summed E-state index contributed by atoms with van der Waals surface area (Å²) < 4.78 is 23.6. The molecular formula is C14H16FNO5. The molecular weight excluding hydrogens is 280 g/mol. The van der Waals surface area contributed by atoms with Gasteiger partial charge in [0, 0.05) is 33.4 Å². The third-order valence-electron chi connectivity index (χ3n) is 2.39. The Morgan fingerprint density at radius 3 is 2.05 bits per heavy atom. The fourth-order valence-corrected chi connectivity index (χ4v) is 1.61. The monoisotopic (exact) mass is 296 g/mol. The molecule has 1 rings (SSSR count). The van der Waals surface area contributed by atoms with E-state index in [4.69, 9.17) is 9.47 Å². The Bertz CT molecular complexity index is 571. The summed E-state index contributed by atoms with van der Waals surface area (Å²) >= 11 is 0. The number of halogens is 1. The highest BCUT2D eigenvalue weighted by molar-refractivity contribution is 5.74. The summed E-state index contributed by atoms with van der Waals surface area (Å²) in [5.41, 5.74) is 0.232. The van der Waals surface area contributed by atoms with Crippen LogP contribution < -0.4 is 14.8 Å². The molecule has 0 aliphatic rings. The summed E-state index contributed by atoms with van der Waals surface area (Å²) in [6, 6.07) is 2.25. The molecule has 6 nitrogen and oxygen atoms in total. The fraction of sp³-hybridized carbons (Fsp3) is 0.357. The second-order valence-electron chi connectivity index (χ2n) is 4.31. The average molecular weight is 296 g/mol. The van der Waals surface area contributed by atoms with Gasteiger partial charge >= 0.3 is 11.9 Å². The molecule has 0 spiro atoms. The molecule has 21 heavy (non-hydrogen) atoms. The number of hydrogen-bond donors (Lipinski definition) is 1. The average Bonchev–Trinajstić information content (AvgIpc) is 2.32. The molecule has 1 aromatic rings. The molecule has 7 heteroatoms. The number of esters is 2. The van der Waals surface area contributed by atoms with Crippen molar-refractivity contribution in [2.24, 2.45) is 0 Å². The Morgan fingerprint density at radius 2 is 1.57 bits per heavy atom. The van der Waals surface area contributed by atoms with Gasteiger partial charge in [-0.05, 0) is 18.1 Å². The van der Waals surface area contributed by atoms with Crippen molar-refractivity contribution < 1.29 is 28.2 Å². The minimum absolute atomic E-state index is 0.0445. The van der Waals surface area contributed by atoms with Gasteiger partial charge in [0.25, 0.3) is 0 Å². The molecule has 0 aliphatic heterocycles. The highest BCUT2D eigenvalue weighted by atomic mass is 18.2. The predicted octanol–water partition coefficient (Wildman–Crippen LogP) is 1.35. The molecule has 0 atom stereocenters. The Hall–Kier alpha value is -2.44. The van der Waals surface area contributed by atoms with Gasteiger partial charge in [0.05, 0.1) is 0 Å². The predicted molar refractivity (Wildman–Crippen MR) is 71.4 cm³/mol. The Labute approximate surface area is 121 Å². The molecule has 0 saturated carbocycles. The molecule has 1 amide bonds. The number of carbonyl (C=O) groups is 3. The van der Waals surface area contributed by atoms with Crippen LogP contribution in [0.1, 0.15) is 26.3 Å². The number of benzene rings is 1. The van der Waals surface area contributed by atoms with Crippen LogP contribution in [0.25, 0.3) is 0 Å². The largest absolute Gasteiger partial charge is 0.423 e. The van der Waals surface area contributed by atoms with Crippen molar-refractivity contribution in [1.82, 2.24) is 5.32 Å². The van der Waals surface area contributed by atoms with Gasteiger partial charge in [-0.3, -0.25) is 14.4 Å². The van der Waals surface area contributed by atoms with Gasteiger partial charge in [0.15, 0.2) is 11.5 Å². The van der Waals surface area contributed by atoms with E-state index in [-0.39, 0.29) is 35.9 Å². The SMILES string of the molecule is CC(=O)NCCc1cc(OC(C)=O)c(OC(C)=O)cc1[18F]. The van der Waals surface area contributed by atoms with Crippen LogP contribution in [0.5, 0.6) is 11.5 Å². The van der Waals surface area contributed by atoms with Gasteiger partial charge < -0.3 is 14.8 Å². The van der Waals surface area contributed by atoms with Crippen LogP contribution in [0, 0.1) is 5.82 Å². The van der Waals surface area contributed by atoms with E-state index >= 15 is 0 Å². The molecule has 0 heterocycles. The normalized spacial score (nSPS) is 9.90. The minimum Gasteiger partial charge on any atom is -0.423 e. The second-order valence-corrected chi connectivity index (χ2v) is 4.31. The summed E-state index contributed by atoms with van der Waals surface area (Å²) in [5, 5.41) is 2.53. The van der Waals surface area contributed by atoms with E-state index in [1.807, 2.05) is 0 Å². The van der Waals surface area contributed by atoms with Crippen molar-refractivity contribution in [3.8, 4) is 11.5 Å². The van der Waals surface area contributed by atoms with Crippen LogP contribution >= 0.6 is 0 Å². The summed E-state index contributed by atoms with van der Waals surface area (Å²) in [7, 11) is 0. The quantitative estimate of drug-likeness (QED) is 0.655. The van der Waals surface area contributed by atoms with Gasteiger partial charge in [-0.15, -0.1) is 0 Å². The van der Waals surface area contributed by atoms with Crippen molar-refractivity contribution in [3.63, 3.8) is 0 Å². The topological polar surface area (TPSA) is 81.7 Å². The van der Waals surface area contributed by atoms with Gasteiger partial charge in [0.1, 0.15) is 5.82 Å². The lowest BCUT2D eigenvalue weighted by molar-refractivity contribution is -0.134. The standard InChI is InChI=1S/C14H16FNO5/c1-8(17)16-5-4-11-6-13(20-9(2)18)14(7-12(11)15)21-10(3)19/h6-7H,4-5H2,1-3H3,(H,16,17)/i15-1. The van der Waals surface area contributed by atoms with Gasteiger partial charge in [-0.2, -0.15) is 0 Å². The minimum atomic E-state index is -0.659. The second kappa shape index (κ2) is 7.37. The lowest BCUT2D eigenvalue weighted by Gasteiger charge is -2.12. The van der Waals surface area contributed by atoms with Crippen LogP contribution in [-0.2, 0) is 20.8 Å². The third kappa shape index (κ3) is 5.60. The first-order chi connectivity index (χ1) is 9.79. The Balaban J connectivity index is 3.02. The maximum absolute atomic E-state index is 13.9. The van der Waals surface area contributed by atoms with E-state index in [1.165, 1.54) is 19.9 Å². The lowest BCUT2D eigenvalue weighted by Crippen LogP contribution is -2.22. The molecule has 0 saturated heterocycles. The summed E-state index contributed by atoms with van der Waals surface area (Å²) in [5.74, 6) is -2.34. The number of hydrogen-bond acceptors (Lipinski definition) is 5. The van der Waals surface area contributed by atoms with Crippen LogP contribution in [0.3, 0.4) is 0 Å². The Morgan fingerprint density at radius 1 is 1.05 bits per heavy atom. The van der Waals surface area contributed by atoms with Crippen molar-refractivity contribution in [2.45, 2.75) is 27.2 Å². The van der Waals surface area contributed by atoms with Gasteiger partial charge in [0.2, 0.25) is 5.91 Å². The van der Waals surface area contributed by atoms with E-state index in [9.17, 15) is 18.8 Å². The zero-order chi connectivity index (χ0) is 16.0. The summed E-state index contributed by atoms with van der Waals surface area (Å²) in [6.07, 6.45) is 0.208. The van der Waals surface area contributed by atoms with E-state index in [1.54, 1.807) is 0 Å². The van der Waals surface area contributed by atoms with E-state index in [0.717, 1.165) is 13.0 Å². The molecule has 0 bridgehead atoms. The number of carbonyl (C=O) groups excluding carboxylic acids is 3. The van der Waals surface area contributed by atoms with Crippen LogP contribution in [-0.4, -0.2) is 24.4 Å². The van der Waals surface area contributed by atoms with E-state index in [2.05, 4.69) is 5.32 Å². The zero-order valence-corrected chi connectivity index (χ0v) is 12.0. The molecule has 0 radical (unpaired) electrons. The van der Waals surface area contributed by atoms with Gasteiger partial charge in [-0.1, -0.05) is 0 Å². The van der Waals surface area contributed by atoms with Crippen LogP contribution in [0.2, 0.25) is 0 Å². The van der Waals surface area contributed by atoms with Crippen molar-refractivity contribution in [3.05, 3.63) is 23.5 Å². The van der Waals surface area contributed by atoms with Crippen LogP contribution in [0.4, 0.5) is 4.39 Å². The molecule has 0 aromatic heterocycles. The molecule has 1 aromatic carbocycles. The highest BCUT2D eigenvalue weighted by Crippen LogP contribution is 2.31. The molecule has 1 N–H and O–H groups in total. The maximum Gasteiger partial charge on any atom is 0.308 e. The first kappa shape index (κ1) is 16.6. The molecule has 0 unspecified atom stereocenters. The molecule has 0 fully saturated rings. The van der Waals surface area contributed by atoms with Crippen molar-refractivity contribution in [2.75, 3.05) is 6.54 Å². The zero-order valence-electron chi connectivity index (χ0n) is 12.0. The number of amides is 1. The number of rotatable bonds is 5. The number of nitrogens with one attached hydrogen (secondary N) is 1. The fourth-order valence-electron chi connectivity index (χ4n) is 1.61. The summed E-state index contributed by atoms with van der Waals surface area (Å²) in [4.78, 5) is 32.8. The van der Waals surface area contributed by atoms with Gasteiger partial charge in [-0.25, -0.2) is 4.39 Å². The summed E-state index contributed by atoms with van der Waals surface area (Å²) in [6.45, 7) is 3.92. The van der Waals surface area contributed by atoms with Crippen molar-refractivity contribution >= 4 is 17.8 Å². The van der Waals surface area contributed by atoms with E-state index < -0.39 is 17.8 Å². The first-order valence-electron chi connectivity index (χ1n) is 6.23. The smallest absolute Gasteiger partial charge is 0.308 e.